The standard InChI is InChI=1S/C24H34N2O3/c1-3-4-10-21-18-28-24(25-21)20-12-14-22(15-13-20)27-16-9-7-5-6-8-11-23-17-19(2)26-29-23/h12-15,17,21H,3-11,16,18H2,1-2H3. The van der Waals surface area contributed by atoms with Gasteiger partial charge >= 0.3 is 0 Å². The van der Waals surface area contributed by atoms with Crippen LogP contribution in [0, 0.1) is 6.92 Å². The third-order valence-corrected chi connectivity index (χ3v) is 5.22. The number of hydrogen-bond acceptors (Lipinski definition) is 5. The van der Waals surface area contributed by atoms with Crippen LogP contribution in [0.25, 0.3) is 0 Å². The van der Waals surface area contributed by atoms with Gasteiger partial charge in [-0.15, -0.1) is 0 Å². The fourth-order valence-corrected chi connectivity index (χ4v) is 3.51. The average molecular weight is 399 g/mol. The molecule has 2 heterocycles. The van der Waals surface area contributed by atoms with Gasteiger partial charge in [0.05, 0.1) is 18.3 Å². The molecule has 0 bridgehead atoms. The van der Waals surface area contributed by atoms with Crippen LogP contribution >= 0.6 is 0 Å². The van der Waals surface area contributed by atoms with Crippen molar-refractivity contribution in [1.82, 2.24) is 5.16 Å². The van der Waals surface area contributed by atoms with Crippen LogP contribution in [0.15, 0.2) is 39.8 Å². The molecule has 5 nitrogen and oxygen atoms in total. The Morgan fingerprint density at radius 3 is 2.59 bits per heavy atom. The fourth-order valence-electron chi connectivity index (χ4n) is 3.51. The van der Waals surface area contributed by atoms with E-state index in [0.29, 0.717) is 12.6 Å². The molecular formula is C24H34N2O3. The molecule has 29 heavy (non-hydrogen) atoms. The zero-order valence-electron chi connectivity index (χ0n) is 17.9. The van der Waals surface area contributed by atoms with Gasteiger partial charge in [-0.1, -0.05) is 44.2 Å². The molecule has 1 unspecified atom stereocenters. The van der Waals surface area contributed by atoms with Crippen molar-refractivity contribution in [2.75, 3.05) is 13.2 Å². The summed E-state index contributed by atoms with van der Waals surface area (Å²) >= 11 is 0. The monoisotopic (exact) mass is 398 g/mol. The van der Waals surface area contributed by atoms with Crippen molar-refractivity contribution in [3.05, 3.63) is 47.3 Å². The van der Waals surface area contributed by atoms with E-state index in [0.717, 1.165) is 61.0 Å². The summed E-state index contributed by atoms with van der Waals surface area (Å²) in [6, 6.07) is 10.5. The largest absolute Gasteiger partial charge is 0.494 e. The average Bonchev–Trinajstić information content (AvgIpc) is 3.38. The normalized spacial score (nSPS) is 15.9. The Balaban J connectivity index is 1.27. The Morgan fingerprint density at radius 2 is 1.83 bits per heavy atom. The molecule has 0 radical (unpaired) electrons. The van der Waals surface area contributed by atoms with Gasteiger partial charge in [-0.2, -0.15) is 0 Å². The second-order valence-corrected chi connectivity index (χ2v) is 7.87. The lowest BCUT2D eigenvalue weighted by Gasteiger charge is -2.07. The minimum absolute atomic E-state index is 0.320. The highest BCUT2D eigenvalue weighted by atomic mass is 16.5. The van der Waals surface area contributed by atoms with E-state index in [1.165, 1.54) is 32.1 Å². The number of hydrogen-bond donors (Lipinski definition) is 0. The first kappa shape index (κ1) is 21.4. The summed E-state index contributed by atoms with van der Waals surface area (Å²) in [5.41, 5.74) is 2.00. The minimum atomic E-state index is 0.320. The lowest BCUT2D eigenvalue weighted by atomic mass is 10.1. The first-order valence-corrected chi connectivity index (χ1v) is 11.1. The van der Waals surface area contributed by atoms with E-state index in [-0.39, 0.29) is 0 Å². The molecule has 0 aliphatic carbocycles. The summed E-state index contributed by atoms with van der Waals surface area (Å²) in [5, 5.41) is 3.92. The van der Waals surface area contributed by atoms with Gasteiger partial charge in [0.2, 0.25) is 5.90 Å². The maximum absolute atomic E-state index is 5.87. The summed E-state index contributed by atoms with van der Waals surface area (Å²) in [6.07, 6.45) is 10.4. The number of aryl methyl sites for hydroxylation is 2. The number of unbranched alkanes of at least 4 members (excludes halogenated alkanes) is 5. The lowest BCUT2D eigenvalue weighted by Crippen LogP contribution is -2.05. The van der Waals surface area contributed by atoms with E-state index in [4.69, 9.17) is 19.0 Å². The van der Waals surface area contributed by atoms with Crippen molar-refractivity contribution in [1.29, 1.82) is 0 Å². The van der Waals surface area contributed by atoms with E-state index in [9.17, 15) is 0 Å². The molecular weight excluding hydrogens is 364 g/mol. The summed E-state index contributed by atoms with van der Waals surface area (Å²) < 4.78 is 16.9. The number of nitrogens with zero attached hydrogens (tertiary/aromatic N) is 2. The quantitative estimate of drug-likeness (QED) is 0.395. The molecule has 0 N–H and O–H groups in total. The number of ether oxygens (including phenoxy) is 2. The van der Waals surface area contributed by atoms with Crippen LogP contribution < -0.4 is 4.74 Å². The Labute approximate surface area is 174 Å². The Kier molecular flexibility index (Phi) is 8.59. The van der Waals surface area contributed by atoms with E-state index in [1.54, 1.807) is 0 Å². The predicted octanol–water partition coefficient (Wildman–Crippen LogP) is 5.89. The molecule has 0 saturated carbocycles. The van der Waals surface area contributed by atoms with E-state index < -0.39 is 0 Å². The molecule has 0 spiro atoms. The summed E-state index contributed by atoms with van der Waals surface area (Å²) in [4.78, 5) is 4.70. The second-order valence-electron chi connectivity index (χ2n) is 7.87. The summed E-state index contributed by atoms with van der Waals surface area (Å²) in [6.45, 7) is 5.64. The van der Waals surface area contributed by atoms with Gasteiger partial charge in [0.15, 0.2) is 0 Å². The van der Waals surface area contributed by atoms with Gasteiger partial charge in [0.1, 0.15) is 18.1 Å². The third-order valence-electron chi connectivity index (χ3n) is 5.22. The number of benzene rings is 1. The van der Waals surface area contributed by atoms with Gasteiger partial charge in [-0.05, 0) is 50.5 Å². The molecule has 1 aliphatic heterocycles. The Morgan fingerprint density at radius 1 is 1.03 bits per heavy atom. The van der Waals surface area contributed by atoms with Crippen LogP contribution in [0.2, 0.25) is 0 Å². The van der Waals surface area contributed by atoms with Gasteiger partial charge in [0, 0.05) is 18.1 Å². The number of aliphatic imine (C=N–C) groups is 1. The summed E-state index contributed by atoms with van der Waals surface area (Å²) in [7, 11) is 0. The second kappa shape index (κ2) is 11.6. The SMILES string of the molecule is CCCCC1COC(c2ccc(OCCCCCCCc3cc(C)no3)cc2)=N1. The Bertz CT molecular complexity index is 752. The molecule has 0 fully saturated rings. The smallest absolute Gasteiger partial charge is 0.216 e. The van der Waals surface area contributed by atoms with Gasteiger partial charge < -0.3 is 14.0 Å². The van der Waals surface area contributed by atoms with Crippen LogP contribution in [-0.4, -0.2) is 30.3 Å². The highest BCUT2D eigenvalue weighted by Gasteiger charge is 2.19. The fraction of sp³-hybridized carbons (Fsp3) is 0.583. The van der Waals surface area contributed by atoms with E-state index >= 15 is 0 Å². The summed E-state index contributed by atoms with van der Waals surface area (Å²) in [5.74, 6) is 2.69. The van der Waals surface area contributed by atoms with Crippen molar-refractivity contribution >= 4 is 5.90 Å². The first-order valence-electron chi connectivity index (χ1n) is 11.1. The molecule has 1 atom stereocenters. The topological polar surface area (TPSA) is 56.9 Å². The minimum Gasteiger partial charge on any atom is -0.494 e. The zero-order chi connectivity index (χ0) is 20.3. The van der Waals surface area contributed by atoms with Gasteiger partial charge in [-0.25, -0.2) is 4.99 Å². The van der Waals surface area contributed by atoms with Crippen molar-refractivity contribution in [3.8, 4) is 5.75 Å². The van der Waals surface area contributed by atoms with Crippen molar-refractivity contribution in [2.24, 2.45) is 4.99 Å². The van der Waals surface area contributed by atoms with Gasteiger partial charge in [0.25, 0.3) is 0 Å². The highest BCUT2D eigenvalue weighted by molar-refractivity contribution is 5.95. The van der Waals surface area contributed by atoms with E-state index in [1.807, 2.05) is 37.3 Å². The Hall–Kier alpha value is -2.30. The molecule has 0 amide bonds. The molecule has 3 rings (SSSR count). The molecule has 1 aromatic carbocycles. The van der Waals surface area contributed by atoms with E-state index in [2.05, 4.69) is 12.1 Å². The van der Waals surface area contributed by atoms with Crippen molar-refractivity contribution < 1.29 is 14.0 Å². The molecule has 1 aromatic heterocycles. The lowest BCUT2D eigenvalue weighted by molar-refractivity contribution is 0.303. The van der Waals surface area contributed by atoms with Crippen LogP contribution in [0.5, 0.6) is 5.75 Å². The molecule has 158 valence electrons. The third kappa shape index (κ3) is 7.22. The highest BCUT2D eigenvalue weighted by Crippen LogP contribution is 2.19. The maximum Gasteiger partial charge on any atom is 0.216 e. The van der Waals surface area contributed by atoms with Gasteiger partial charge in [-0.3, -0.25) is 0 Å². The number of aromatic nitrogens is 1. The number of rotatable bonds is 13. The molecule has 0 saturated heterocycles. The molecule has 1 aliphatic rings. The van der Waals surface area contributed by atoms with Crippen molar-refractivity contribution in [3.63, 3.8) is 0 Å². The van der Waals surface area contributed by atoms with Crippen LogP contribution in [-0.2, 0) is 11.2 Å². The predicted molar refractivity (Wildman–Crippen MR) is 116 cm³/mol. The van der Waals surface area contributed by atoms with Crippen LogP contribution in [0.4, 0.5) is 0 Å². The van der Waals surface area contributed by atoms with Crippen LogP contribution in [0.3, 0.4) is 0 Å². The zero-order valence-corrected chi connectivity index (χ0v) is 17.9. The maximum atomic E-state index is 5.87. The van der Waals surface area contributed by atoms with Crippen LogP contribution in [0.1, 0.15) is 75.3 Å². The molecule has 5 heteroatoms. The van der Waals surface area contributed by atoms with Crippen molar-refractivity contribution in [2.45, 2.75) is 77.7 Å². The molecule has 2 aromatic rings. The first-order chi connectivity index (χ1) is 14.2.